The number of carbonyl (C=O) groups is 1. The highest BCUT2D eigenvalue weighted by molar-refractivity contribution is 5.92. The van der Waals surface area contributed by atoms with Crippen LogP contribution in [0.25, 0.3) is 0 Å². The number of benzene rings is 1. The van der Waals surface area contributed by atoms with Gasteiger partial charge in [-0.05, 0) is 23.8 Å². The molecule has 2 N–H and O–H groups in total. The van der Waals surface area contributed by atoms with Crippen LogP contribution in [0.15, 0.2) is 55.1 Å². The average molecular weight is 341 g/mol. The van der Waals surface area contributed by atoms with Crippen LogP contribution in [0.4, 0.5) is 20.3 Å². The van der Waals surface area contributed by atoms with E-state index in [4.69, 9.17) is 0 Å². The molecule has 0 unspecified atom stereocenters. The Morgan fingerprint density at radius 1 is 1.12 bits per heavy atom. The molecule has 1 amide bonds. The van der Waals surface area contributed by atoms with Crippen molar-refractivity contribution < 1.29 is 13.6 Å². The van der Waals surface area contributed by atoms with E-state index in [-0.39, 0.29) is 17.2 Å². The Morgan fingerprint density at radius 2 is 2.00 bits per heavy atom. The first-order valence-electron chi connectivity index (χ1n) is 7.33. The number of hydrogen-bond donors (Lipinski definition) is 2. The molecule has 0 aliphatic rings. The number of aromatic nitrogens is 3. The van der Waals surface area contributed by atoms with E-state index >= 15 is 0 Å². The number of halogens is 2. The zero-order chi connectivity index (χ0) is 17.6. The fourth-order valence-electron chi connectivity index (χ4n) is 2.05. The SMILES string of the molecule is O=C(NCc1cccnc1)c1cc(Nc2ccc(F)cc2F)ncn1. The maximum atomic E-state index is 13.7. The second-order valence-electron chi connectivity index (χ2n) is 5.08. The highest BCUT2D eigenvalue weighted by atomic mass is 19.1. The maximum Gasteiger partial charge on any atom is 0.270 e. The van der Waals surface area contributed by atoms with Gasteiger partial charge in [0, 0.05) is 31.1 Å². The van der Waals surface area contributed by atoms with Crippen LogP contribution >= 0.6 is 0 Å². The minimum absolute atomic E-state index is 0.0434. The first-order chi connectivity index (χ1) is 12.1. The summed E-state index contributed by atoms with van der Waals surface area (Å²) in [6.07, 6.45) is 4.47. The number of nitrogens with zero attached hydrogens (tertiary/aromatic N) is 3. The van der Waals surface area contributed by atoms with Gasteiger partial charge in [-0.1, -0.05) is 6.07 Å². The van der Waals surface area contributed by atoms with E-state index in [0.717, 1.165) is 17.7 Å². The molecule has 0 bridgehead atoms. The van der Waals surface area contributed by atoms with Crippen molar-refractivity contribution in [1.82, 2.24) is 20.3 Å². The summed E-state index contributed by atoms with van der Waals surface area (Å²) >= 11 is 0. The van der Waals surface area contributed by atoms with Crippen LogP contribution in [0.5, 0.6) is 0 Å². The van der Waals surface area contributed by atoms with E-state index in [2.05, 4.69) is 25.6 Å². The van der Waals surface area contributed by atoms with Crippen molar-refractivity contribution in [3.05, 3.63) is 78.0 Å². The van der Waals surface area contributed by atoms with Gasteiger partial charge < -0.3 is 10.6 Å². The molecule has 0 atom stereocenters. The molecule has 6 nitrogen and oxygen atoms in total. The quantitative estimate of drug-likeness (QED) is 0.746. The molecule has 0 saturated carbocycles. The van der Waals surface area contributed by atoms with Crippen LogP contribution in [0.3, 0.4) is 0 Å². The third-order valence-electron chi connectivity index (χ3n) is 3.27. The van der Waals surface area contributed by atoms with E-state index in [1.54, 1.807) is 18.5 Å². The van der Waals surface area contributed by atoms with Gasteiger partial charge in [0.15, 0.2) is 0 Å². The fraction of sp³-hybridized carbons (Fsp3) is 0.0588. The topological polar surface area (TPSA) is 79.8 Å². The van der Waals surface area contributed by atoms with Crippen molar-refractivity contribution in [1.29, 1.82) is 0 Å². The molecule has 3 rings (SSSR count). The molecule has 2 heterocycles. The lowest BCUT2D eigenvalue weighted by atomic mass is 10.2. The van der Waals surface area contributed by atoms with Crippen LogP contribution in [0.1, 0.15) is 16.1 Å². The summed E-state index contributed by atoms with van der Waals surface area (Å²) in [5.41, 5.74) is 1.00. The second-order valence-corrected chi connectivity index (χ2v) is 5.08. The Kier molecular flexibility index (Phi) is 4.89. The molecule has 0 saturated heterocycles. The van der Waals surface area contributed by atoms with E-state index in [0.29, 0.717) is 6.54 Å². The van der Waals surface area contributed by atoms with E-state index in [1.807, 2.05) is 6.07 Å². The van der Waals surface area contributed by atoms with Crippen LogP contribution in [-0.4, -0.2) is 20.9 Å². The summed E-state index contributed by atoms with van der Waals surface area (Å²) < 4.78 is 26.6. The highest BCUT2D eigenvalue weighted by Crippen LogP contribution is 2.19. The van der Waals surface area contributed by atoms with E-state index < -0.39 is 17.5 Å². The summed E-state index contributed by atoms with van der Waals surface area (Å²) in [6.45, 7) is 0.298. The lowest BCUT2D eigenvalue weighted by molar-refractivity contribution is 0.0945. The van der Waals surface area contributed by atoms with Crippen LogP contribution in [0, 0.1) is 11.6 Å². The zero-order valence-electron chi connectivity index (χ0n) is 12.9. The predicted molar refractivity (Wildman–Crippen MR) is 87.1 cm³/mol. The number of carbonyl (C=O) groups excluding carboxylic acids is 1. The van der Waals surface area contributed by atoms with Gasteiger partial charge in [-0.3, -0.25) is 9.78 Å². The molecular weight excluding hydrogens is 328 g/mol. The van der Waals surface area contributed by atoms with Gasteiger partial charge in [0.25, 0.3) is 5.91 Å². The molecule has 0 fully saturated rings. The lowest BCUT2D eigenvalue weighted by Gasteiger charge is -2.08. The van der Waals surface area contributed by atoms with E-state index in [1.165, 1.54) is 18.5 Å². The average Bonchev–Trinajstić information content (AvgIpc) is 2.63. The molecule has 1 aromatic carbocycles. The Balaban J connectivity index is 1.69. The number of amides is 1. The summed E-state index contributed by atoms with van der Waals surface area (Å²) in [7, 11) is 0. The highest BCUT2D eigenvalue weighted by Gasteiger charge is 2.10. The summed E-state index contributed by atoms with van der Waals surface area (Å²) in [6, 6.07) is 8.10. The molecule has 126 valence electrons. The number of rotatable bonds is 5. The molecule has 0 spiro atoms. The largest absolute Gasteiger partial charge is 0.347 e. The van der Waals surface area contributed by atoms with Crippen molar-refractivity contribution in [3.63, 3.8) is 0 Å². The number of hydrogen-bond acceptors (Lipinski definition) is 5. The Labute approximate surface area is 142 Å². The summed E-state index contributed by atoms with van der Waals surface area (Å²) in [4.78, 5) is 23.9. The van der Waals surface area contributed by atoms with Gasteiger partial charge in [0.05, 0.1) is 5.69 Å². The number of pyridine rings is 1. The lowest BCUT2D eigenvalue weighted by Crippen LogP contribution is -2.24. The van der Waals surface area contributed by atoms with Crippen LogP contribution in [-0.2, 0) is 6.54 Å². The van der Waals surface area contributed by atoms with Gasteiger partial charge in [-0.15, -0.1) is 0 Å². The molecule has 2 aromatic heterocycles. The minimum Gasteiger partial charge on any atom is -0.347 e. The van der Waals surface area contributed by atoms with Crippen molar-refractivity contribution >= 4 is 17.4 Å². The molecule has 0 aliphatic heterocycles. The molecule has 8 heteroatoms. The third kappa shape index (κ3) is 4.31. The van der Waals surface area contributed by atoms with Gasteiger partial charge in [-0.2, -0.15) is 0 Å². The Bertz CT molecular complexity index is 889. The predicted octanol–water partition coefficient (Wildman–Crippen LogP) is 2.82. The zero-order valence-corrected chi connectivity index (χ0v) is 12.9. The molecule has 0 aliphatic carbocycles. The molecule has 3 aromatic rings. The fourth-order valence-corrected chi connectivity index (χ4v) is 2.05. The monoisotopic (exact) mass is 341 g/mol. The van der Waals surface area contributed by atoms with Crippen molar-refractivity contribution in [2.75, 3.05) is 5.32 Å². The number of nitrogens with one attached hydrogen (secondary N) is 2. The van der Waals surface area contributed by atoms with Crippen molar-refractivity contribution in [2.45, 2.75) is 6.54 Å². The van der Waals surface area contributed by atoms with Crippen LogP contribution < -0.4 is 10.6 Å². The summed E-state index contributed by atoms with van der Waals surface area (Å²) in [5, 5.41) is 5.39. The molecular formula is C17H13F2N5O. The van der Waals surface area contributed by atoms with Gasteiger partial charge in [0.1, 0.15) is 29.5 Å². The van der Waals surface area contributed by atoms with Gasteiger partial charge >= 0.3 is 0 Å². The standard InChI is InChI=1S/C17H13F2N5O/c18-12-3-4-14(13(19)6-12)24-16-7-15(22-10-23-16)17(25)21-9-11-2-1-5-20-8-11/h1-8,10H,9H2,(H,21,25)(H,22,23,24). The van der Waals surface area contributed by atoms with E-state index in [9.17, 15) is 13.6 Å². The Hall–Kier alpha value is -3.42. The first kappa shape index (κ1) is 16.4. The Morgan fingerprint density at radius 3 is 2.76 bits per heavy atom. The van der Waals surface area contributed by atoms with Crippen molar-refractivity contribution in [3.8, 4) is 0 Å². The van der Waals surface area contributed by atoms with Gasteiger partial charge in [0.2, 0.25) is 0 Å². The summed E-state index contributed by atoms with van der Waals surface area (Å²) in [5.74, 6) is -1.64. The van der Waals surface area contributed by atoms with Gasteiger partial charge in [-0.25, -0.2) is 18.7 Å². The minimum atomic E-state index is -0.763. The molecule has 0 radical (unpaired) electrons. The first-order valence-corrected chi connectivity index (χ1v) is 7.33. The second kappa shape index (κ2) is 7.43. The number of anilines is 2. The normalized spacial score (nSPS) is 10.3. The third-order valence-corrected chi connectivity index (χ3v) is 3.27. The van der Waals surface area contributed by atoms with Crippen LogP contribution in [0.2, 0.25) is 0 Å². The molecule has 25 heavy (non-hydrogen) atoms. The smallest absolute Gasteiger partial charge is 0.270 e. The maximum absolute atomic E-state index is 13.7. The van der Waals surface area contributed by atoms with Crippen molar-refractivity contribution in [2.24, 2.45) is 0 Å².